The molecule has 5 heteroatoms. The number of amides is 2. The minimum absolute atomic E-state index is 0.0158. The summed E-state index contributed by atoms with van der Waals surface area (Å²) in [6.07, 6.45) is 7.08. The van der Waals surface area contributed by atoms with E-state index in [1.807, 2.05) is 12.1 Å². The van der Waals surface area contributed by atoms with E-state index in [1.54, 1.807) is 0 Å². The highest BCUT2D eigenvalue weighted by Gasteiger charge is 2.43. The lowest BCUT2D eigenvalue weighted by atomic mass is 9.87. The Labute approximate surface area is 167 Å². The fourth-order valence-electron chi connectivity index (χ4n) is 4.80. The van der Waals surface area contributed by atoms with Crippen LogP contribution in [0.3, 0.4) is 0 Å². The second-order valence-electron chi connectivity index (χ2n) is 8.19. The number of nitrogens with zero attached hydrogens (tertiary/aromatic N) is 1. The molecule has 0 bridgehead atoms. The van der Waals surface area contributed by atoms with E-state index in [1.165, 1.54) is 25.3 Å². The summed E-state index contributed by atoms with van der Waals surface area (Å²) in [5.41, 5.74) is 1.32. The van der Waals surface area contributed by atoms with Crippen molar-refractivity contribution in [1.82, 2.24) is 10.2 Å². The molecule has 0 radical (unpaired) electrons. The standard InChI is InChI=1S/C22H31ClN2O2/c1-16(26)24-11-4-2-3-8-22(27)25-14-19-10-9-18(21(19)15-25)12-17-6-5-7-20(23)13-17/h5-7,13,18-19,21H,2-4,8-12,14-15H2,1H3,(H,24,26)/t18-,19-,21-/m1/s1. The van der Waals surface area contributed by atoms with Crippen LogP contribution < -0.4 is 5.32 Å². The fourth-order valence-corrected chi connectivity index (χ4v) is 5.02. The van der Waals surface area contributed by atoms with E-state index in [0.717, 1.165) is 43.8 Å². The number of nitrogens with one attached hydrogen (secondary N) is 1. The number of hydrogen-bond acceptors (Lipinski definition) is 2. The minimum Gasteiger partial charge on any atom is -0.356 e. The Kier molecular flexibility index (Phi) is 7.17. The Morgan fingerprint density at radius 3 is 2.81 bits per heavy atom. The molecule has 0 spiro atoms. The molecule has 27 heavy (non-hydrogen) atoms. The van der Waals surface area contributed by atoms with Gasteiger partial charge in [-0.05, 0) is 67.6 Å². The third-order valence-electron chi connectivity index (χ3n) is 6.19. The van der Waals surface area contributed by atoms with Crippen molar-refractivity contribution in [2.45, 2.75) is 51.9 Å². The Bertz CT molecular complexity index is 663. The lowest BCUT2D eigenvalue weighted by Gasteiger charge is -2.21. The second kappa shape index (κ2) is 9.59. The van der Waals surface area contributed by atoms with Crippen LogP contribution in [0.4, 0.5) is 0 Å². The fraction of sp³-hybridized carbons (Fsp3) is 0.636. The predicted octanol–water partition coefficient (Wildman–Crippen LogP) is 4.06. The molecule has 2 fully saturated rings. The molecule has 1 aromatic rings. The van der Waals surface area contributed by atoms with Crippen LogP contribution in [0.2, 0.25) is 5.02 Å². The summed E-state index contributed by atoms with van der Waals surface area (Å²) in [5, 5.41) is 3.61. The van der Waals surface area contributed by atoms with Gasteiger partial charge < -0.3 is 10.2 Å². The van der Waals surface area contributed by atoms with E-state index in [4.69, 9.17) is 11.6 Å². The SMILES string of the molecule is CC(=O)NCCCCCC(=O)N1C[C@H]2CC[C@H](Cc3cccc(Cl)c3)[C@H]2C1. The van der Waals surface area contributed by atoms with Crippen LogP contribution in [0.25, 0.3) is 0 Å². The molecule has 148 valence electrons. The molecule has 1 heterocycles. The van der Waals surface area contributed by atoms with E-state index in [9.17, 15) is 9.59 Å². The van der Waals surface area contributed by atoms with E-state index < -0.39 is 0 Å². The molecule has 1 aliphatic carbocycles. The molecule has 2 amide bonds. The number of hydrogen-bond donors (Lipinski definition) is 1. The number of carbonyl (C=O) groups excluding carboxylic acids is 2. The Morgan fingerprint density at radius 1 is 1.19 bits per heavy atom. The largest absolute Gasteiger partial charge is 0.356 e. The van der Waals surface area contributed by atoms with Gasteiger partial charge in [0.25, 0.3) is 0 Å². The Balaban J connectivity index is 1.41. The minimum atomic E-state index is 0.0158. The first kappa shape index (κ1) is 20.2. The van der Waals surface area contributed by atoms with Crippen molar-refractivity contribution in [2.75, 3.05) is 19.6 Å². The van der Waals surface area contributed by atoms with E-state index in [-0.39, 0.29) is 5.91 Å². The topological polar surface area (TPSA) is 49.4 Å². The molecule has 1 N–H and O–H groups in total. The number of rotatable bonds is 8. The molecule has 3 atom stereocenters. The first-order chi connectivity index (χ1) is 13.0. The first-order valence-electron chi connectivity index (χ1n) is 10.3. The zero-order chi connectivity index (χ0) is 19.2. The van der Waals surface area contributed by atoms with Gasteiger partial charge in [-0.2, -0.15) is 0 Å². The maximum absolute atomic E-state index is 12.6. The lowest BCUT2D eigenvalue weighted by Crippen LogP contribution is -2.30. The van der Waals surface area contributed by atoms with E-state index in [0.29, 0.717) is 36.6 Å². The zero-order valence-electron chi connectivity index (χ0n) is 16.3. The maximum atomic E-state index is 12.6. The van der Waals surface area contributed by atoms with Gasteiger partial charge in [-0.15, -0.1) is 0 Å². The molecule has 3 rings (SSSR count). The first-order valence-corrected chi connectivity index (χ1v) is 10.7. The number of carbonyl (C=O) groups is 2. The highest BCUT2D eigenvalue weighted by molar-refractivity contribution is 6.30. The van der Waals surface area contributed by atoms with Gasteiger partial charge in [0.1, 0.15) is 0 Å². The van der Waals surface area contributed by atoms with Crippen molar-refractivity contribution in [1.29, 1.82) is 0 Å². The molecule has 2 aliphatic rings. The summed E-state index contributed by atoms with van der Waals surface area (Å²) < 4.78 is 0. The molecular formula is C22H31ClN2O2. The summed E-state index contributed by atoms with van der Waals surface area (Å²) >= 11 is 6.13. The van der Waals surface area contributed by atoms with Crippen LogP contribution in [0, 0.1) is 17.8 Å². The molecule has 0 unspecified atom stereocenters. The van der Waals surface area contributed by atoms with Crippen LogP contribution in [-0.2, 0) is 16.0 Å². The van der Waals surface area contributed by atoms with Crippen molar-refractivity contribution in [3.8, 4) is 0 Å². The van der Waals surface area contributed by atoms with Gasteiger partial charge in [0.15, 0.2) is 0 Å². The maximum Gasteiger partial charge on any atom is 0.222 e. The summed E-state index contributed by atoms with van der Waals surface area (Å²) in [7, 11) is 0. The molecule has 0 aromatic heterocycles. The average Bonchev–Trinajstić information content (AvgIpc) is 3.20. The van der Waals surface area contributed by atoms with Crippen molar-refractivity contribution in [3.05, 3.63) is 34.9 Å². The summed E-state index contributed by atoms with van der Waals surface area (Å²) in [6.45, 7) is 4.12. The molecule has 1 aromatic carbocycles. The van der Waals surface area contributed by atoms with Gasteiger partial charge in [0, 0.05) is 38.0 Å². The van der Waals surface area contributed by atoms with E-state index >= 15 is 0 Å². The van der Waals surface area contributed by atoms with Gasteiger partial charge in [0.2, 0.25) is 11.8 Å². The summed E-state index contributed by atoms with van der Waals surface area (Å²) in [4.78, 5) is 25.5. The Hall–Kier alpha value is -1.55. The summed E-state index contributed by atoms with van der Waals surface area (Å²) in [5.74, 6) is 2.32. The van der Waals surface area contributed by atoms with Crippen LogP contribution in [0.5, 0.6) is 0 Å². The monoisotopic (exact) mass is 390 g/mol. The number of benzene rings is 1. The van der Waals surface area contributed by atoms with Gasteiger partial charge in [-0.25, -0.2) is 0 Å². The smallest absolute Gasteiger partial charge is 0.222 e. The number of likely N-dealkylation sites (tertiary alicyclic amines) is 1. The van der Waals surface area contributed by atoms with Crippen LogP contribution in [-0.4, -0.2) is 36.3 Å². The molecular weight excluding hydrogens is 360 g/mol. The van der Waals surface area contributed by atoms with Gasteiger partial charge in [-0.1, -0.05) is 30.2 Å². The van der Waals surface area contributed by atoms with E-state index in [2.05, 4.69) is 22.3 Å². The normalized spacial score (nSPS) is 24.1. The Morgan fingerprint density at radius 2 is 2.04 bits per heavy atom. The highest BCUT2D eigenvalue weighted by Crippen LogP contribution is 2.44. The quantitative estimate of drug-likeness (QED) is 0.680. The van der Waals surface area contributed by atoms with Crippen molar-refractivity contribution in [3.63, 3.8) is 0 Å². The second-order valence-corrected chi connectivity index (χ2v) is 8.62. The van der Waals surface area contributed by atoms with Crippen molar-refractivity contribution < 1.29 is 9.59 Å². The molecule has 1 saturated carbocycles. The molecule has 1 aliphatic heterocycles. The lowest BCUT2D eigenvalue weighted by molar-refractivity contribution is -0.130. The third kappa shape index (κ3) is 5.71. The molecule has 4 nitrogen and oxygen atoms in total. The van der Waals surface area contributed by atoms with Gasteiger partial charge in [0.05, 0.1) is 0 Å². The number of unbranched alkanes of at least 4 members (excludes halogenated alkanes) is 2. The van der Waals surface area contributed by atoms with Crippen molar-refractivity contribution >= 4 is 23.4 Å². The molecule has 1 saturated heterocycles. The number of halogens is 1. The summed E-state index contributed by atoms with van der Waals surface area (Å²) in [6, 6.07) is 8.20. The van der Waals surface area contributed by atoms with Crippen LogP contribution in [0.1, 0.15) is 51.0 Å². The predicted molar refractivity (Wildman–Crippen MR) is 109 cm³/mol. The van der Waals surface area contributed by atoms with Crippen molar-refractivity contribution in [2.24, 2.45) is 17.8 Å². The van der Waals surface area contributed by atoms with Crippen LogP contribution >= 0.6 is 11.6 Å². The number of fused-ring (bicyclic) bond motifs is 1. The van der Waals surface area contributed by atoms with Gasteiger partial charge >= 0.3 is 0 Å². The van der Waals surface area contributed by atoms with Crippen LogP contribution in [0.15, 0.2) is 24.3 Å². The zero-order valence-corrected chi connectivity index (χ0v) is 17.0. The third-order valence-corrected chi connectivity index (χ3v) is 6.42. The highest BCUT2D eigenvalue weighted by atomic mass is 35.5. The average molecular weight is 391 g/mol. The van der Waals surface area contributed by atoms with Gasteiger partial charge in [-0.3, -0.25) is 9.59 Å².